The van der Waals surface area contributed by atoms with E-state index in [9.17, 15) is 19.5 Å². The molecule has 2 atom stereocenters. The van der Waals surface area contributed by atoms with Gasteiger partial charge in [-0.2, -0.15) is 0 Å². The molecule has 122 valence electrons. The van der Waals surface area contributed by atoms with Crippen LogP contribution >= 0.6 is 15.9 Å². The van der Waals surface area contributed by atoms with E-state index in [1.165, 1.54) is 15.7 Å². The van der Waals surface area contributed by atoms with Crippen molar-refractivity contribution in [3.05, 3.63) is 31.5 Å². The number of aromatic nitrogens is 2. The van der Waals surface area contributed by atoms with Gasteiger partial charge in [-0.1, -0.05) is 0 Å². The first kappa shape index (κ1) is 16.9. The minimum Gasteiger partial charge on any atom is -0.389 e. The maximum absolute atomic E-state index is 12.1. The van der Waals surface area contributed by atoms with Crippen molar-refractivity contribution in [1.29, 1.82) is 0 Å². The predicted octanol–water partition coefficient (Wildman–Crippen LogP) is -0.828. The van der Waals surface area contributed by atoms with Crippen molar-refractivity contribution in [2.45, 2.75) is 31.4 Å². The molecule has 9 heteroatoms. The molecule has 1 aliphatic heterocycles. The van der Waals surface area contributed by atoms with Crippen LogP contribution in [0.1, 0.15) is 25.3 Å². The van der Waals surface area contributed by atoms with Gasteiger partial charge in [0.15, 0.2) is 0 Å². The van der Waals surface area contributed by atoms with Gasteiger partial charge in [-0.05, 0) is 35.3 Å². The van der Waals surface area contributed by atoms with Gasteiger partial charge in [0.2, 0.25) is 5.91 Å². The summed E-state index contributed by atoms with van der Waals surface area (Å²) in [4.78, 5) is 39.0. The van der Waals surface area contributed by atoms with Crippen molar-refractivity contribution in [2.24, 2.45) is 5.73 Å². The number of nitrogens with zero attached hydrogens (tertiary/aromatic N) is 2. The van der Waals surface area contributed by atoms with Crippen LogP contribution in [0.3, 0.4) is 0 Å². The number of likely N-dealkylation sites (tertiary alicyclic amines) is 1. The second kappa shape index (κ2) is 7.21. The van der Waals surface area contributed by atoms with E-state index < -0.39 is 23.4 Å². The normalized spacial score (nSPS) is 21.3. The summed E-state index contributed by atoms with van der Waals surface area (Å²) in [6.45, 7) is 0.954. The Morgan fingerprint density at radius 1 is 1.41 bits per heavy atom. The number of nitrogens with one attached hydrogen (secondary N) is 1. The van der Waals surface area contributed by atoms with E-state index in [0.717, 1.165) is 6.42 Å². The molecule has 0 unspecified atom stereocenters. The maximum Gasteiger partial charge on any atom is 0.328 e. The van der Waals surface area contributed by atoms with Crippen molar-refractivity contribution in [2.75, 3.05) is 19.6 Å². The van der Waals surface area contributed by atoms with Crippen molar-refractivity contribution < 1.29 is 9.90 Å². The average Bonchev–Trinajstić information content (AvgIpc) is 2.85. The molecule has 1 aromatic heterocycles. The third-order valence-corrected chi connectivity index (χ3v) is 4.30. The number of amides is 1. The monoisotopic (exact) mass is 374 g/mol. The van der Waals surface area contributed by atoms with E-state index in [1.54, 1.807) is 0 Å². The maximum atomic E-state index is 12.1. The van der Waals surface area contributed by atoms with Crippen molar-refractivity contribution in [3.63, 3.8) is 0 Å². The zero-order valence-corrected chi connectivity index (χ0v) is 13.6. The Morgan fingerprint density at radius 3 is 2.82 bits per heavy atom. The Bertz CT molecular complexity index is 656. The largest absolute Gasteiger partial charge is 0.389 e. The van der Waals surface area contributed by atoms with E-state index in [0.29, 0.717) is 19.4 Å². The smallest absolute Gasteiger partial charge is 0.328 e. The number of hydrogen-bond donors (Lipinski definition) is 3. The number of halogens is 1. The van der Waals surface area contributed by atoms with E-state index in [1.807, 2.05) is 0 Å². The molecular formula is C13H19BrN4O4. The third kappa shape index (κ3) is 3.65. The first-order valence-electron chi connectivity index (χ1n) is 7.11. The van der Waals surface area contributed by atoms with Gasteiger partial charge in [0.05, 0.1) is 16.6 Å². The lowest BCUT2D eigenvalue weighted by molar-refractivity contribution is -0.130. The molecule has 0 bridgehead atoms. The molecule has 0 radical (unpaired) electrons. The van der Waals surface area contributed by atoms with Crippen LogP contribution < -0.4 is 17.0 Å². The highest BCUT2D eigenvalue weighted by Crippen LogP contribution is 2.22. The highest BCUT2D eigenvalue weighted by atomic mass is 79.9. The van der Waals surface area contributed by atoms with Crippen LogP contribution in [0.15, 0.2) is 20.3 Å². The number of carbonyl (C=O) groups excluding carboxylic acids is 1. The summed E-state index contributed by atoms with van der Waals surface area (Å²) in [6, 6.07) is -0.570. The summed E-state index contributed by atoms with van der Waals surface area (Å²) in [7, 11) is 0. The molecule has 0 spiro atoms. The van der Waals surface area contributed by atoms with Crippen LogP contribution in [0.25, 0.3) is 0 Å². The van der Waals surface area contributed by atoms with Crippen molar-refractivity contribution in [1.82, 2.24) is 14.5 Å². The highest BCUT2D eigenvalue weighted by Gasteiger charge is 2.35. The summed E-state index contributed by atoms with van der Waals surface area (Å²) in [5.74, 6) is -0.0634. The fraction of sp³-hybridized carbons (Fsp3) is 0.615. The van der Waals surface area contributed by atoms with Crippen molar-refractivity contribution in [3.8, 4) is 0 Å². The standard InChI is InChI=1S/C13H19BrN4O4/c14-8-5-18(13(22)16-12(8)21)9-6-17(7-10(9)19)11(20)3-1-2-4-15/h5,9-10,19H,1-4,6-7,15H2,(H,16,21,22)/t9-,10-/m0/s1. The molecule has 1 amide bonds. The van der Waals surface area contributed by atoms with Crippen LogP contribution in [0, 0.1) is 0 Å². The minimum absolute atomic E-state index is 0.0634. The molecule has 0 saturated carbocycles. The zero-order chi connectivity index (χ0) is 16.3. The second-order valence-electron chi connectivity index (χ2n) is 5.32. The molecule has 1 fully saturated rings. The van der Waals surface area contributed by atoms with Gasteiger partial charge < -0.3 is 15.7 Å². The predicted molar refractivity (Wildman–Crippen MR) is 83.6 cm³/mol. The molecule has 22 heavy (non-hydrogen) atoms. The van der Waals surface area contributed by atoms with Crippen molar-refractivity contribution >= 4 is 21.8 Å². The Labute approximate surface area is 135 Å². The van der Waals surface area contributed by atoms with Crippen LogP contribution in [0.2, 0.25) is 0 Å². The lowest BCUT2D eigenvalue weighted by atomic mass is 10.2. The lowest BCUT2D eigenvalue weighted by Gasteiger charge is -2.17. The fourth-order valence-electron chi connectivity index (χ4n) is 2.53. The molecule has 1 aromatic rings. The fourth-order valence-corrected chi connectivity index (χ4v) is 2.85. The molecular weight excluding hydrogens is 356 g/mol. The summed E-state index contributed by atoms with van der Waals surface area (Å²) in [6.07, 6.45) is 2.35. The number of aliphatic hydroxyl groups is 1. The summed E-state index contributed by atoms with van der Waals surface area (Å²) in [5, 5.41) is 10.1. The minimum atomic E-state index is -0.853. The average molecular weight is 375 g/mol. The molecule has 4 N–H and O–H groups in total. The first-order valence-corrected chi connectivity index (χ1v) is 7.90. The van der Waals surface area contributed by atoms with Gasteiger partial charge in [0.25, 0.3) is 5.56 Å². The Kier molecular flexibility index (Phi) is 5.54. The Hall–Kier alpha value is -1.45. The molecule has 1 aliphatic rings. The number of hydrogen-bond acceptors (Lipinski definition) is 5. The van der Waals surface area contributed by atoms with Gasteiger partial charge in [-0.15, -0.1) is 0 Å². The summed E-state index contributed by atoms with van der Waals surface area (Å²) in [5.41, 5.74) is 4.27. The molecule has 8 nitrogen and oxygen atoms in total. The zero-order valence-electron chi connectivity index (χ0n) is 12.0. The number of aromatic amines is 1. The van der Waals surface area contributed by atoms with Crippen LogP contribution in [-0.2, 0) is 4.79 Å². The third-order valence-electron chi connectivity index (χ3n) is 3.74. The number of unbranched alkanes of at least 4 members (excludes halogenated alkanes) is 1. The van der Waals surface area contributed by atoms with E-state index in [-0.39, 0.29) is 23.5 Å². The number of β-amino-alcohol motifs (C(OH)–C–C–N with tert-alkyl or cyclic N) is 1. The van der Waals surface area contributed by atoms with Gasteiger partial charge in [0, 0.05) is 25.7 Å². The Morgan fingerprint density at radius 2 is 2.14 bits per heavy atom. The van der Waals surface area contributed by atoms with Crippen LogP contribution in [-0.4, -0.2) is 51.2 Å². The van der Waals surface area contributed by atoms with Gasteiger partial charge >= 0.3 is 5.69 Å². The van der Waals surface area contributed by atoms with E-state index >= 15 is 0 Å². The highest BCUT2D eigenvalue weighted by molar-refractivity contribution is 9.10. The summed E-state index contributed by atoms with van der Waals surface area (Å²) < 4.78 is 1.45. The molecule has 1 saturated heterocycles. The molecule has 0 aliphatic carbocycles. The molecule has 0 aromatic carbocycles. The topological polar surface area (TPSA) is 121 Å². The van der Waals surface area contributed by atoms with Gasteiger partial charge in [0.1, 0.15) is 0 Å². The second-order valence-corrected chi connectivity index (χ2v) is 6.18. The number of nitrogens with two attached hydrogens (primary N) is 1. The van der Waals surface area contributed by atoms with Gasteiger partial charge in [-0.3, -0.25) is 19.1 Å². The number of H-pyrrole nitrogens is 1. The molecule has 2 rings (SSSR count). The lowest BCUT2D eigenvalue weighted by Crippen LogP contribution is -2.36. The number of aliphatic hydroxyl groups excluding tert-OH is 1. The summed E-state index contributed by atoms with van der Waals surface area (Å²) >= 11 is 3.06. The van der Waals surface area contributed by atoms with Crippen LogP contribution in [0.5, 0.6) is 0 Å². The quantitative estimate of drug-likeness (QED) is 0.580. The van der Waals surface area contributed by atoms with E-state index in [4.69, 9.17) is 5.73 Å². The molecule has 2 heterocycles. The Balaban J connectivity index is 2.11. The number of rotatable bonds is 5. The first-order chi connectivity index (χ1) is 10.4. The van der Waals surface area contributed by atoms with Crippen LogP contribution in [0.4, 0.5) is 0 Å². The van der Waals surface area contributed by atoms with E-state index in [2.05, 4.69) is 20.9 Å². The SMILES string of the molecule is NCCCCC(=O)N1C[C@H](O)[C@@H](n2cc(Br)c(=O)[nH]c2=O)C1. The van der Waals surface area contributed by atoms with Gasteiger partial charge in [-0.25, -0.2) is 4.79 Å². The number of carbonyl (C=O) groups is 1.